The van der Waals surface area contributed by atoms with Crippen LogP contribution in [0.2, 0.25) is 0 Å². The zero-order valence-corrected chi connectivity index (χ0v) is 19.5. The third kappa shape index (κ3) is 13.1. The van der Waals surface area contributed by atoms with Crippen molar-refractivity contribution < 1.29 is 42.6 Å². The average Bonchev–Trinajstić information content (AvgIpc) is 2.64. The van der Waals surface area contributed by atoms with Crippen LogP contribution in [0, 0.1) is 11.8 Å². The summed E-state index contributed by atoms with van der Waals surface area (Å²) in [6.45, 7) is 8.43. The van der Waals surface area contributed by atoms with E-state index in [9.17, 15) is 19.0 Å². The number of amides is 2. The quantitative estimate of drug-likeness (QED) is 0.305. The SMILES string of the molecule is CC(C)CCNC(=O)[C@H](CC(C)C)NP(=O)([O-])CNC(=O)OCc1ccccc1.[Li+]. The molecule has 164 valence electrons. The molecular weight excluding hydrogens is 400 g/mol. The van der Waals surface area contributed by atoms with Gasteiger partial charge in [-0.05, 0) is 30.2 Å². The van der Waals surface area contributed by atoms with E-state index in [0.717, 1.165) is 12.0 Å². The Kier molecular flexibility index (Phi) is 14.0. The molecule has 1 rings (SSSR count). The largest absolute Gasteiger partial charge is 1.00 e. The van der Waals surface area contributed by atoms with Crippen molar-refractivity contribution in [2.45, 2.75) is 53.2 Å². The van der Waals surface area contributed by atoms with Crippen LogP contribution in [0.4, 0.5) is 4.79 Å². The van der Waals surface area contributed by atoms with Crippen molar-refractivity contribution in [3.8, 4) is 0 Å². The zero-order chi connectivity index (χ0) is 21.9. The second-order valence-electron chi connectivity index (χ2n) is 7.85. The van der Waals surface area contributed by atoms with E-state index in [0.29, 0.717) is 18.9 Å². The molecule has 1 unspecified atom stereocenters. The fourth-order valence-corrected chi connectivity index (χ4v) is 3.65. The molecule has 30 heavy (non-hydrogen) atoms. The number of alkyl carbamates (subject to hydrolysis) is 1. The number of rotatable bonds is 12. The van der Waals surface area contributed by atoms with Gasteiger partial charge in [0.05, 0.1) is 19.8 Å². The summed E-state index contributed by atoms with van der Waals surface area (Å²) in [5.41, 5.74) is 0.793. The molecule has 3 N–H and O–H groups in total. The molecule has 2 atom stereocenters. The van der Waals surface area contributed by atoms with Gasteiger partial charge >= 0.3 is 25.0 Å². The molecule has 0 aliphatic heterocycles. The second kappa shape index (κ2) is 14.7. The van der Waals surface area contributed by atoms with Gasteiger partial charge in [-0.2, -0.15) is 0 Å². The monoisotopic (exact) mass is 433 g/mol. The third-order valence-corrected chi connectivity index (χ3v) is 5.32. The summed E-state index contributed by atoms with van der Waals surface area (Å²) in [6, 6.07) is 8.17. The Hall–Kier alpha value is -1.29. The van der Waals surface area contributed by atoms with Crippen LogP contribution < -0.4 is 39.5 Å². The summed E-state index contributed by atoms with van der Waals surface area (Å²) in [7, 11) is -4.23. The van der Waals surface area contributed by atoms with E-state index >= 15 is 0 Å². The first kappa shape index (κ1) is 28.7. The second-order valence-corrected chi connectivity index (χ2v) is 9.78. The van der Waals surface area contributed by atoms with E-state index in [2.05, 4.69) is 15.7 Å². The fraction of sp³-hybridized carbons (Fsp3) is 0.600. The number of nitrogens with one attached hydrogen (secondary N) is 3. The minimum Gasteiger partial charge on any atom is -0.787 e. The molecule has 0 aromatic heterocycles. The number of ether oxygens (including phenoxy) is 1. The van der Waals surface area contributed by atoms with Crippen LogP contribution in [0.3, 0.4) is 0 Å². The van der Waals surface area contributed by atoms with E-state index in [1.165, 1.54) is 0 Å². The Bertz CT molecular complexity index is 688. The molecule has 0 fully saturated rings. The number of benzene rings is 1. The Morgan fingerprint density at radius 1 is 1.07 bits per heavy atom. The van der Waals surface area contributed by atoms with Gasteiger partial charge in [0, 0.05) is 6.54 Å². The van der Waals surface area contributed by atoms with Crippen LogP contribution >= 0.6 is 7.52 Å². The summed E-state index contributed by atoms with van der Waals surface area (Å²) >= 11 is 0. The van der Waals surface area contributed by atoms with Gasteiger partial charge in [-0.1, -0.05) is 58.0 Å². The first-order chi connectivity index (χ1) is 13.6. The van der Waals surface area contributed by atoms with Gasteiger partial charge in [-0.25, -0.2) is 4.79 Å². The number of carbonyl (C=O) groups excluding carboxylic acids is 2. The van der Waals surface area contributed by atoms with Gasteiger partial charge in [0.1, 0.15) is 6.61 Å². The van der Waals surface area contributed by atoms with Crippen molar-refractivity contribution in [2.24, 2.45) is 11.8 Å². The molecule has 10 heteroatoms. The minimum atomic E-state index is -4.23. The standard InChI is InChI=1S/C20H34N3O5P.Li/c1-15(2)10-11-21-19(24)18(12-16(3)4)23-29(26,27)14-22-20(25)28-13-17-8-6-5-7-9-17;/h5-9,15-16,18H,10-14H2,1-4H3,(H,21,24)(H,22,25)(H2,23,26,27);/q;+1/p-1/t18-;/m0./s1. The van der Waals surface area contributed by atoms with Crippen LogP contribution in [-0.2, 0) is 20.7 Å². The number of carbonyl (C=O) groups is 2. The van der Waals surface area contributed by atoms with Crippen molar-refractivity contribution >= 4 is 19.5 Å². The Morgan fingerprint density at radius 2 is 1.70 bits per heavy atom. The molecule has 0 aliphatic rings. The van der Waals surface area contributed by atoms with Crippen molar-refractivity contribution in [3.05, 3.63) is 35.9 Å². The summed E-state index contributed by atoms with van der Waals surface area (Å²) in [5.74, 6) is 0.192. The van der Waals surface area contributed by atoms with E-state index in [-0.39, 0.29) is 37.3 Å². The Labute approximate surface area is 191 Å². The zero-order valence-electron chi connectivity index (χ0n) is 18.6. The van der Waals surface area contributed by atoms with Gasteiger partial charge < -0.3 is 24.8 Å². The molecule has 2 amide bonds. The maximum Gasteiger partial charge on any atom is 1.00 e. The fourth-order valence-electron chi connectivity index (χ4n) is 2.52. The van der Waals surface area contributed by atoms with Crippen LogP contribution in [0.25, 0.3) is 0 Å². The molecular formula is C20H33LiN3O5P. The van der Waals surface area contributed by atoms with E-state index in [4.69, 9.17) is 4.74 Å². The van der Waals surface area contributed by atoms with Crippen molar-refractivity contribution in [1.82, 2.24) is 15.7 Å². The molecule has 0 aliphatic carbocycles. The Morgan fingerprint density at radius 3 is 2.27 bits per heavy atom. The van der Waals surface area contributed by atoms with Crippen molar-refractivity contribution in [1.29, 1.82) is 0 Å². The van der Waals surface area contributed by atoms with Crippen LogP contribution in [-0.4, -0.2) is 30.9 Å². The smallest absolute Gasteiger partial charge is 0.787 e. The number of hydrogen-bond donors (Lipinski definition) is 3. The molecule has 8 nitrogen and oxygen atoms in total. The van der Waals surface area contributed by atoms with Gasteiger partial charge in [0.25, 0.3) is 0 Å². The van der Waals surface area contributed by atoms with Gasteiger partial charge in [-0.3, -0.25) is 9.88 Å². The maximum absolute atomic E-state index is 12.4. The maximum atomic E-state index is 12.4. The Balaban J connectivity index is 0.00000841. The molecule has 0 radical (unpaired) electrons. The first-order valence-electron chi connectivity index (χ1n) is 9.89. The normalized spacial score (nSPS) is 13.8. The van der Waals surface area contributed by atoms with Crippen molar-refractivity contribution in [3.63, 3.8) is 0 Å². The summed E-state index contributed by atoms with van der Waals surface area (Å²) < 4.78 is 17.4. The van der Waals surface area contributed by atoms with Crippen molar-refractivity contribution in [2.75, 3.05) is 12.8 Å². The summed E-state index contributed by atoms with van der Waals surface area (Å²) in [5, 5.41) is 7.40. The molecule has 0 spiro atoms. The van der Waals surface area contributed by atoms with Gasteiger partial charge in [-0.15, -0.1) is 0 Å². The topological polar surface area (TPSA) is 120 Å². The molecule has 0 bridgehead atoms. The minimum absolute atomic E-state index is 0. The molecule has 0 saturated carbocycles. The van der Waals surface area contributed by atoms with Crippen LogP contribution in [0.1, 0.15) is 46.1 Å². The van der Waals surface area contributed by atoms with Crippen LogP contribution in [0.15, 0.2) is 30.3 Å². The van der Waals surface area contributed by atoms with E-state index < -0.39 is 25.9 Å². The molecule has 0 heterocycles. The number of hydrogen-bond acceptors (Lipinski definition) is 5. The predicted octanol–water partition coefficient (Wildman–Crippen LogP) is -0.406. The van der Waals surface area contributed by atoms with E-state index in [1.807, 2.05) is 45.9 Å². The predicted molar refractivity (Wildman–Crippen MR) is 111 cm³/mol. The first-order valence-corrected chi connectivity index (χ1v) is 11.7. The van der Waals surface area contributed by atoms with Crippen LogP contribution in [0.5, 0.6) is 0 Å². The van der Waals surface area contributed by atoms with E-state index in [1.54, 1.807) is 12.1 Å². The summed E-state index contributed by atoms with van der Waals surface area (Å²) in [6.07, 6.45) is -0.315. The third-order valence-electron chi connectivity index (χ3n) is 4.04. The summed E-state index contributed by atoms with van der Waals surface area (Å²) in [4.78, 5) is 36.5. The molecule has 0 saturated heterocycles. The van der Waals surface area contributed by atoms with Gasteiger partial charge in [0.2, 0.25) is 5.91 Å². The van der Waals surface area contributed by atoms with Gasteiger partial charge in [0.15, 0.2) is 0 Å². The molecule has 1 aromatic carbocycles. The average molecular weight is 433 g/mol. The molecule has 1 aromatic rings.